The van der Waals surface area contributed by atoms with Crippen LogP contribution in [0.2, 0.25) is 0 Å². The van der Waals surface area contributed by atoms with E-state index in [2.05, 4.69) is 38.8 Å². The van der Waals surface area contributed by atoms with Crippen molar-refractivity contribution in [2.45, 2.75) is 37.0 Å². The Balaban J connectivity index is 1.31. The van der Waals surface area contributed by atoms with Crippen LogP contribution in [0.1, 0.15) is 45.7 Å². The highest BCUT2D eigenvalue weighted by Gasteiger charge is 2.40. The fraction of sp³-hybridized carbons (Fsp3) is 0.273. The van der Waals surface area contributed by atoms with Gasteiger partial charge in [0.05, 0.1) is 26.3 Å². The molecule has 0 radical (unpaired) electrons. The molecule has 1 unspecified atom stereocenters. The van der Waals surface area contributed by atoms with Crippen molar-refractivity contribution in [3.05, 3.63) is 94.3 Å². The van der Waals surface area contributed by atoms with Gasteiger partial charge >= 0.3 is 11.9 Å². The fourth-order valence-electron chi connectivity index (χ4n) is 7.01. The van der Waals surface area contributed by atoms with Gasteiger partial charge in [0.15, 0.2) is 11.5 Å². The maximum atomic E-state index is 12.9. The zero-order valence-corrected chi connectivity index (χ0v) is 23.7. The number of ether oxygens (including phenoxy) is 4. The van der Waals surface area contributed by atoms with Crippen LogP contribution in [0.3, 0.4) is 0 Å². The first-order valence-corrected chi connectivity index (χ1v) is 14.3. The van der Waals surface area contributed by atoms with Crippen molar-refractivity contribution in [1.29, 1.82) is 0 Å². The van der Waals surface area contributed by atoms with E-state index in [9.17, 15) is 9.59 Å². The second-order valence-corrected chi connectivity index (χ2v) is 11.2. The molecule has 43 heavy (non-hydrogen) atoms. The van der Waals surface area contributed by atoms with Crippen LogP contribution in [0.15, 0.2) is 60.7 Å². The second kappa shape index (κ2) is 9.89. The largest absolute Gasteiger partial charge is 0.468 e. The molecule has 0 spiro atoms. The van der Waals surface area contributed by atoms with Crippen LogP contribution in [0, 0.1) is 0 Å². The number of fused-ring (bicyclic) bond motifs is 7. The normalized spacial score (nSPS) is 22.3. The Hall–Kier alpha value is -4.80. The molecular weight excluding hydrogens is 548 g/mol. The topological polar surface area (TPSA) is 127 Å². The van der Waals surface area contributed by atoms with Gasteiger partial charge in [0.25, 0.3) is 0 Å². The molecule has 0 amide bonds. The molecule has 5 heterocycles. The highest BCUT2D eigenvalue weighted by atomic mass is 16.7. The standard InChI is InChI=1S/C33H30N4O6/c1-40-32(38)24-13-19-17-7-3-5-9-22(17)34-28(19)27(36-24)16-11-21(31-26(12-16)42-15-43-31)30-29-20(14-25(37-30)33(39)41-2)18-8-4-6-10-23(18)35-29/h3-12,24-25,27,30,34-37H,13-15H2,1-2H3/t24?,25-,27-,30-/m1/s1. The van der Waals surface area contributed by atoms with Gasteiger partial charge in [0.2, 0.25) is 6.79 Å². The number of H-pyrrole nitrogens is 2. The van der Waals surface area contributed by atoms with Crippen LogP contribution >= 0.6 is 0 Å². The van der Waals surface area contributed by atoms with E-state index in [4.69, 9.17) is 18.9 Å². The minimum Gasteiger partial charge on any atom is -0.468 e. The van der Waals surface area contributed by atoms with Crippen LogP contribution in [-0.2, 0) is 31.9 Å². The van der Waals surface area contributed by atoms with Gasteiger partial charge in [-0.2, -0.15) is 0 Å². The summed E-state index contributed by atoms with van der Waals surface area (Å²) in [5.41, 5.74) is 7.80. The SMILES string of the molecule is COC(=O)C1Cc2c([nH]c3ccccc23)[C@@H](c2cc3c(c([C@H]4N[C@@H](C(=O)OC)Cc5c4[nH]c4ccccc54)c2)OCO3)N1. The number of carbonyl (C=O) groups is 2. The summed E-state index contributed by atoms with van der Waals surface area (Å²) < 4.78 is 22.3. The Morgan fingerprint density at radius 2 is 1.30 bits per heavy atom. The van der Waals surface area contributed by atoms with E-state index in [1.165, 1.54) is 14.2 Å². The monoisotopic (exact) mass is 578 g/mol. The number of rotatable bonds is 4. The fourth-order valence-corrected chi connectivity index (χ4v) is 7.01. The zero-order valence-electron chi connectivity index (χ0n) is 23.7. The number of aromatic nitrogens is 2. The zero-order chi connectivity index (χ0) is 29.2. The Morgan fingerprint density at radius 1 is 0.744 bits per heavy atom. The Labute approximate surface area is 246 Å². The molecule has 4 atom stereocenters. The van der Waals surface area contributed by atoms with E-state index in [-0.39, 0.29) is 24.8 Å². The molecule has 3 aliphatic heterocycles. The van der Waals surface area contributed by atoms with E-state index in [1.54, 1.807) is 0 Å². The number of benzene rings is 3. The summed E-state index contributed by atoms with van der Waals surface area (Å²) in [5.74, 6) is 0.573. The smallest absolute Gasteiger partial charge is 0.323 e. The molecule has 0 bridgehead atoms. The quantitative estimate of drug-likeness (QED) is 0.237. The van der Waals surface area contributed by atoms with Gasteiger partial charge in [0.1, 0.15) is 12.1 Å². The summed E-state index contributed by atoms with van der Waals surface area (Å²) in [7, 11) is 2.82. The van der Waals surface area contributed by atoms with E-state index in [0.29, 0.717) is 24.3 Å². The number of aromatic amines is 2. The molecule has 3 aliphatic rings. The maximum Gasteiger partial charge on any atom is 0.323 e. The summed E-state index contributed by atoms with van der Waals surface area (Å²) in [6.45, 7) is 0.0824. The Bertz CT molecular complexity index is 1930. The summed E-state index contributed by atoms with van der Waals surface area (Å²) in [6.07, 6.45) is 0.995. The molecule has 0 saturated carbocycles. The molecule has 2 aromatic heterocycles. The highest BCUT2D eigenvalue weighted by Crippen LogP contribution is 2.47. The van der Waals surface area contributed by atoms with Crippen molar-refractivity contribution >= 4 is 33.7 Å². The lowest BCUT2D eigenvalue weighted by Crippen LogP contribution is -2.46. The van der Waals surface area contributed by atoms with E-state index in [1.807, 2.05) is 42.5 Å². The number of hydrogen-bond acceptors (Lipinski definition) is 8. The number of hydrogen-bond donors (Lipinski definition) is 4. The molecule has 4 N–H and O–H groups in total. The molecule has 0 aliphatic carbocycles. The van der Waals surface area contributed by atoms with E-state index in [0.717, 1.165) is 55.4 Å². The lowest BCUT2D eigenvalue weighted by atomic mass is 9.86. The van der Waals surface area contributed by atoms with Crippen LogP contribution < -0.4 is 20.1 Å². The van der Waals surface area contributed by atoms with Crippen LogP contribution in [0.4, 0.5) is 0 Å². The first-order chi connectivity index (χ1) is 21.0. The van der Waals surface area contributed by atoms with Crippen molar-refractivity contribution in [2.24, 2.45) is 0 Å². The molecule has 8 rings (SSSR count). The average Bonchev–Trinajstić information content (AvgIpc) is 3.78. The highest BCUT2D eigenvalue weighted by molar-refractivity contribution is 5.89. The third-order valence-corrected chi connectivity index (χ3v) is 8.96. The van der Waals surface area contributed by atoms with Crippen LogP contribution in [0.5, 0.6) is 11.5 Å². The summed E-state index contributed by atoms with van der Waals surface area (Å²) in [4.78, 5) is 33.0. The van der Waals surface area contributed by atoms with E-state index < -0.39 is 18.1 Å². The third kappa shape index (κ3) is 4.01. The molecule has 10 heteroatoms. The molecular formula is C33H30N4O6. The van der Waals surface area contributed by atoms with Gasteiger partial charge in [-0.25, -0.2) is 0 Å². The number of carbonyl (C=O) groups excluding carboxylic acids is 2. The summed E-state index contributed by atoms with van der Waals surface area (Å²) in [5, 5.41) is 9.21. The van der Waals surface area contributed by atoms with Crippen molar-refractivity contribution in [2.75, 3.05) is 21.0 Å². The van der Waals surface area contributed by atoms with Gasteiger partial charge in [-0.1, -0.05) is 36.4 Å². The lowest BCUT2D eigenvalue weighted by Gasteiger charge is -2.33. The minimum absolute atomic E-state index is 0.0824. The molecule has 218 valence electrons. The van der Waals surface area contributed by atoms with Crippen LogP contribution in [0.25, 0.3) is 21.8 Å². The van der Waals surface area contributed by atoms with Crippen molar-refractivity contribution in [1.82, 2.24) is 20.6 Å². The predicted molar refractivity (Wildman–Crippen MR) is 158 cm³/mol. The lowest BCUT2D eigenvalue weighted by molar-refractivity contribution is -0.144. The van der Waals surface area contributed by atoms with E-state index >= 15 is 0 Å². The first kappa shape index (κ1) is 25.9. The van der Waals surface area contributed by atoms with Crippen molar-refractivity contribution < 1.29 is 28.5 Å². The third-order valence-electron chi connectivity index (χ3n) is 8.96. The van der Waals surface area contributed by atoms with Gasteiger partial charge in [0, 0.05) is 51.6 Å². The summed E-state index contributed by atoms with van der Waals surface area (Å²) in [6, 6.07) is 18.4. The van der Waals surface area contributed by atoms with Gasteiger partial charge < -0.3 is 28.9 Å². The maximum absolute atomic E-state index is 12.9. The Morgan fingerprint density at radius 3 is 1.91 bits per heavy atom. The number of para-hydroxylation sites is 2. The Kier molecular flexibility index (Phi) is 5.95. The minimum atomic E-state index is -0.555. The van der Waals surface area contributed by atoms with Crippen molar-refractivity contribution in [3.63, 3.8) is 0 Å². The predicted octanol–water partition coefficient (Wildman–Crippen LogP) is 3.93. The molecule has 10 nitrogen and oxygen atoms in total. The molecule has 3 aromatic carbocycles. The summed E-state index contributed by atoms with van der Waals surface area (Å²) >= 11 is 0. The van der Waals surface area contributed by atoms with Crippen LogP contribution in [-0.4, -0.2) is 55.0 Å². The number of methoxy groups -OCH3 is 2. The molecule has 0 fully saturated rings. The van der Waals surface area contributed by atoms with Crippen molar-refractivity contribution in [3.8, 4) is 11.5 Å². The number of esters is 2. The molecule has 5 aromatic rings. The van der Waals surface area contributed by atoms with Gasteiger partial charge in [-0.05, 0) is 41.0 Å². The number of nitrogens with one attached hydrogen (secondary N) is 4. The average molecular weight is 579 g/mol. The molecule has 0 saturated heterocycles. The van der Waals surface area contributed by atoms with Gasteiger partial charge in [-0.3, -0.25) is 20.2 Å². The second-order valence-electron chi connectivity index (χ2n) is 11.2. The van der Waals surface area contributed by atoms with Gasteiger partial charge in [-0.15, -0.1) is 0 Å². The first-order valence-electron chi connectivity index (χ1n) is 14.3.